The van der Waals surface area contributed by atoms with Crippen LogP contribution in [0, 0.1) is 0 Å². The van der Waals surface area contributed by atoms with Gasteiger partial charge in [0.25, 0.3) is 5.91 Å². The van der Waals surface area contributed by atoms with Crippen LogP contribution in [0.15, 0.2) is 30.3 Å². The molecule has 2 rings (SSSR count). The second-order valence-corrected chi connectivity index (χ2v) is 4.56. The van der Waals surface area contributed by atoms with Crippen molar-refractivity contribution in [2.24, 2.45) is 0 Å². The standard InChI is InChI=1S/C11H12NO3P/c1-15-10(8-5-3-2-4-6-8)12-7-16-11(14)9(12)13/h2-6,10,16H,7H2,1H3. The van der Waals surface area contributed by atoms with Crippen LogP contribution in [-0.2, 0) is 14.3 Å². The molecule has 2 atom stereocenters. The second kappa shape index (κ2) is 4.73. The molecule has 0 aromatic heterocycles. The Kier molecular flexibility index (Phi) is 3.32. The van der Waals surface area contributed by atoms with E-state index in [1.165, 1.54) is 12.0 Å². The van der Waals surface area contributed by atoms with Gasteiger partial charge in [0.05, 0.1) is 0 Å². The number of benzene rings is 1. The predicted molar refractivity (Wildman–Crippen MR) is 61.2 cm³/mol. The molecular formula is C11H12NO3P. The van der Waals surface area contributed by atoms with E-state index in [0.717, 1.165) is 5.56 Å². The summed E-state index contributed by atoms with van der Waals surface area (Å²) in [5, 5.41) is 0. The highest BCUT2D eigenvalue weighted by atomic mass is 31.1. The van der Waals surface area contributed by atoms with Crippen molar-refractivity contribution in [1.29, 1.82) is 0 Å². The van der Waals surface area contributed by atoms with Gasteiger partial charge in [-0.15, -0.1) is 0 Å². The molecule has 0 radical (unpaired) electrons. The molecule has 0 aliphatic carbocycles. The zero-order valence-electron chi connectivity index (χ0n) is 8.84. The molecule has 2 unspecified atom stereocenters. The molecule has 16 heavy (non-hydrogen) atoms. The first-order valence-electron chi connectivity index (χ1n) is 4.90. The van der Waals surface area contributed by atoms with E-state index in [4.69, 9.17) is 4.74 Å². The minimum atomic E-state index is -0.451. The lowest BCUT2D eigenvalue weighted by molar-refractivity contribution is -0.147. The van der Waals surface area contributed by atoms with Gasteiger partial charge in [-0.05, 0) is 8.58 Å². The molecule has 1 aromatic rings. The highest BCUT2D eigenvalue weighted by Gasteiger charge is 2.35. The van der Waals surface area contributed by atoms with Crippen molar-refractivity contribution in [1.82, 2.24) is 4.90 Å². The van der Waals surface area contributed by atoms with Gasteiger partial charge < -0.3 is 9.64 Å². The van der Waals surface area contributed by atoms with Crippen molar-refractivity contribution in [3.8, 4) is 0 Å². The number of rotatable bonds is 3. The maximum absolute atomic E-state index is 11.6. The normalized spacial score (nSPS) is 19.4. The van der Waals surface area contributed by atoms with Gasteiger partial charge in [0.15, 0.2) is 6.23 Å². The number of carbonyl (C=O) groups excluding carboxylic acids is 2. The molecule has 1 saturated heterocycles. The van der Waals surface area contributed by atoms with Crippen molar-refractivity contribution >= 4 is 20.0 Å². The number of amides is 1. The van der Waals surface area contributed by atoms with Gasteiger partial charge in [-0.1, -0.05) is 30.3 Å². The lowest BCUT2D eigenvalue weighted by atomic mass is 10.2. The molecule has 1 aliphatic rings. The quantitative estimate of drug-likeness (QED) is 0.588. The minimum absolute atomic E-state index is 0.0412. The Morgan fingerprint density at radius 2 is 2.00 bits per heavy atom. The summed E-state index contributed by atoms with van der Waals surface area (Å²) in [6.45, 7) is 0. The summed E-state index contributed by atoms with van der Waals surface area (Å²) < 4.78 is 5.30. The highest BCUT2D eigenvalue weighted by Crippen LogP contribution is 2.32. The molecular weight excluding hydrogens is 225 g/mol. The Balaban J connectivity index is 2.24. The summed E-state index contributed by atoms with van der Waals surface area (Å²) in [5.74, 6) is -0.436. The monoisotopic (exact) mass is 237 g/mol. The fourth-order valence-electron chi connectivity index (χ4n) is 1.69. The van der Waals surface area contributed by atoms with Crippen LogP contribution in [0.25, 0.3) is 0 Å². The molecule has 5 heteroatoms. The van der Waals surface area contributed by atoms with Gasteiger partial charge in [0.2, 0.25) is 5.52 Å². The van der Waals surface area contributed by atoms with E-state index in [-0.39, 0.29) is 14.1 Å². The third-order valence-electron chi connectivity index (χ3n) is 2.46. The van der Waals surface area contributed by atoms with E-state index in [1.54, 1.807) is 0 Å². The van der Waals surface area contributed by atoms with E-state index in [2.05, 4.69) is 0 Å². The van der Waals surface area contributed by atoms with Crippen molar-refractivity contribution in [2.75, 3.05) is 13.4 Å². The lowest BCUT2D eigenvalue weighted by Gasteiger charge is -2.25. The molecule has 1 fully saturated rings. The van der Waals surface area contributed by atoms with Crippen molar-refractivity contribution < 1.29 is 14.3 Å². The van der Waals surface area contributed by atoms with E-state index in [9.17, 15) is 9.59 Å². The number of hydrogen-bond acceptors (Lipinski definition) is 3. The number of nitrogens with zero attached hydrogens (tertiary/aromatic N) is 1. The Morgan fingerprint density at radius 1 is 1.31 bits per heavy atom. The summed E-state index contributed by atoms with van der Waals surface area (Å²) in [6.07, 6.45) is 0.0121. The van der Waals surface area contributed by atoms with Crippen LogP contribution in [0.4, 0.5) is 0 Å². The summed E-state index contributed by atoms with van der Waals surface area (Å²) in [5.41, 5.74) is 0.579. The number of hydrogen-bond donors (Lipinski definition) is 0. The van der Waals surface area contributed by atoms with Gasteiger partial charge in [0.1, 0.15) is 0 Å². The first kappa shape index (κ1) is 11.2. The van der Waals surface area contributed by atoms with Gasteiger partial charge in [-0.25, -0.2) is 0 Å². The summed E-state index contributed by atoms with van der Waals surface area (Å²) in [6, 6.07) is 9.42. The average molecular weight is 237 g/mol. The largest absolute Gasteiger partial charge is 0.357 e. The van der Waals surface area contributed by atoms with E-state index in [0.29, 0.717) is 6.29 Å². The van der Waals surface area contributed by atoms with Gasteiger partial charge in [-0.2, -0.15) is 0 Å². The van der Waals surface area contributed by atoms with Crippen LogP contribution in [-0.4, -0.2) is 29.7 Å². The fraction of sp³-hybridized carbons (Fsp3) is 0.273. The second-order valence-electron chi connectivity index (χ2n) is 3.44. The third-order valence-corrected chi connectivity index (χ3v) is 3.49. The Labute approximate surface area is 95.4 Å². The van der Waals surface area contributed by atoms with Crippen LogP contribution < -0.4 is 0 Å². The Morgan fingerprint density at radius 3 is 2.50 bits per heavy atom. The molecule has 1 heterocycles. The third kappa shape index (κ3) is 1.99. The molecule has 0 bridgehead atoms. The topological polar surface area (TPSA) is 46.6 Å². The number of carbonyl (C=O) groups is 2. The molecule has 1 aliphatic heterocycles. The van der Waals surface area contributed by atoms with Crippen LogP contribution >= 0.6 is 8.58 Å². The smallest absolute Gasteiger partial charge is 0.296 e. The maximum Gasteiger partial charge on any atom is 0.296 e. The highest BCUT2D eigenvalue weighted by molar-refractivity contribution is 7.62. The van der Waals surface area contributed by atoms with Gasteiger partial charge in [0, 0.05) is 19.0 Å². The SMILES string of the molecule is COC(c1ccccc1)N1CPC(=O)C1=O. The molecule has 84 valence electrons. The lowest BCUT2D eigenvalue weighted by Crippen LogP contribution is -2.32. The van der Waals surface area contributed by atoms with Crippen LogP contribution in [0.2, 0.25) is 0 Å². The molecule has 0 saturated carbocycles. The van der Waals surface area contributed by atoms with E-state index < -0.39 is 12.1 Å². The fourth-order valence-corrected chi connectivity index (χ4v) is 2.60. The zero-order chi connectivity index (χ0) is 11.5. The average Bonchev–Trinajstić information content (AvgIpc) is 2.64. The number of methoxy groups -OCH3 is 1. The van der Waals surface area contributed by atoms with Crippen LogP contribution in [0.1, 0.15) is 11.8 Å². The van der Waals surface area contributed by atoms with Crippen molar-refractivity contribution in [3.63, 3.8) is 0 Å². The molecule has 4 nitrogen and oxygen atoms in total. The summed E-state index contributed by atoms with van der Waals surface area (Å²) in [4.78, 5) is 24.3. The molecule has 0 spiro atoms. The first-order valence-corrected chi connectivity index (χ1v) is 6.11. The predicted octanol–water partition coefficient (Wildman–Crippen LogP) is 1.34. The molecule has 0 N–H and O–H groups in total. The summed E-state index contributed by atoms with van der Waals surface area (Å²) >= 11 is 0. The van der Waals surface area contributed by atoms with Crippen molar-refractivity contribution in [3.05, 3.63) is 35.9 Å². The molecule has 1 amide bonds. The van der Waals surface area contributed by atoms with Gasteiger partial charge >= 0.3 is 0 Å². The van der Waals surface area contributed by atoms with Gasteiger partial charge in [-0.3, -0.25) is 9.59 Å². The van der Waals surface area contributed by atoms with Crippen molar-refractivity contribution in [2.45, 2.75) is 6.23 Å². The maximum atomic E-state index is 11.6. The molecule has 1 aromatic carbocycles. The summed E-state index contributed by atoms with van der Waals surface area (Å²) in [7, 11) is 1.58. The Bertz CT molecular complexity index is 407. The van der Waals surface area contributed by atoms with Crippen LogP contribution in [0.5, 0.6) is 0 Å². The van der Waals surface area contributed by atoms with E-state index >= 15 is 0 Å². The van der Waals surface area contributed by atoms with Crippen LogP contribution in [0.3, 0.4) is 0 Å². The first-order chi connectivity index (χ1) is 7.74. The van der Waals surface area contributed by atoms with E-state index in [1.807, 2.05) is 30.3 Å². The number of ether oxygens (including phenoxy) is 1. The Hall–Kier alpha value is -1.25. The minimum Gasteiger partial charge on any atom is -0.357 e. The zero-order valence-corrected chi connectivity index (χ0v) is 9.84.